The maximum absolute atomic E-state index is 9.33. The summed E-state index contributed by atoms with van der Waals surface area (Å²) in [6.07, 6.45) is 1.58. The van der Waals surface area contributed by atoms with E-state index >= 15 is 0 Å². The molecule has 0 radical (unpaired) electrons. The highest BCUT2D eigenvalue weighted by molar-refractivity contribution is 6.01. The van der Waals surface area contributed by atoms with E-state index in [1.54, 1.807) is 36.6 Å². The van der Waals surface area contributed by atoms with Crippen LogP contribution < -0.4 is 5.32 Å². The average molecular weight is 314 g/mol. The highest BCUT2D eigenvalue weighted by Gasteiger charge is 2.04. The van der Waals surface area contributed by atoms with Crippen molar-refractivity contribution < 1.29 is 14.3 Å². The van der Waals surface area contributed by atoms with E-state index in [0.29, 0.717) is 30.6 Å². The van der Waals surface area contributed by atoms with Gasteiger partial charge in [-0.15, -0.1) is 0 Å². The Hall–Kier alpha value is -3.09. The third-order valence-corrected chi connectivity index (χ3v) is 2.70. The van der Waals surface area contributed by atoms with Gasteiger partial charge in [0, 0.05) is 5.69 Å². The molecule has 0 fully saturated rings. The van der Waals surface area contributed by atoms with Gasteiger partial charge in [-0.1, -0.05) is 0 Å². The van der Waals surface area contributed by atoms with Crippen LogP contribution in [0.2, 0.25) is 0 Å². The molecule has 1 heterocycles. The van der Waals surface area contributed by atoms with Crippen molar-refractivity contribution in [1.82, 2.24) is 0 Å². The number of phenols is 1. The lowest BCUT2D eigenvalue weighted by Gasteiger charge is -2.07. The summed E-state index contributed by atoms with van der Waals surface area (Å²) in [6.45, 7) is 5.98. The monoisotopic (exact) mass is 314 g/mol. The summed E-state index contributed by atoms with van der Waals surface area (Å²) in [6, 6.07) is 10.3. The number of hydrogen-bond donors (Lipinski definition) is 2. The van der Waals surface area contributed by atoms with Crippen molar-refractivity contribution in [3.8, 4) is 5.75 Å². The molecule has 120 valence electrons. The molecule has 23 heavy (non-hydrogen) atoms. The molecule has 0 amide bonds. The Balaban J connectivity index is 2.20. The van der Waals surface area contributed by atoms with Crippen molar-refractivity contribution in [1.29, 1.82) is 0 Å². The molecule has 2 aromatic rings. The number of benzene rings is 1. The van der Waals surface area contributed by atoms with Gasteiger partial charge >= 0.3 is 6.02 Å². The Morgan fingerprint density at radius 2 is 2.09 bits per heavy atom. The van der Waals surface area contributed by atoms with Gasteiger partial charge in [0.2, 0.25) is 5.96 Å². The van der Waals surface area contributed by atoms with Gasteiger partial charge in [-0.3, -0.25) is 0 Å². The maximum Gasteiger partial charge on any atom is 0.319 e. The minimum Gasteiger partial charge on any atom is -0.508 e. The molecule has 0 unspecified atom stereocenters. The van der Waals surface area contributed by atoms with Crippen molar-refractivity contribution >= 4 is 24.4 Å². The molecule has 0 spiro atoms. The first kappa shape index (κ1) is 16.3. The van der Waals surface area contributed by atoms with E-state index in [2.05, 4.69) is 27.0 Å². The number of rotatable bonds is 4. The molecule has 0 aliphatic heterocycles. The van der Waals surface area contributed by atoms with Crippen LogP contribution in [0.3, 0.4) is 0 Å². The average Bonchev–Trinajstić information content (AvgIpc) is 3.07. The topological polar surface area (TPSA) is 91.7 Å². The molecule has 2 N–H and O–H groups in total. The first-order valence-electron chi connectivity index (χ1n) is 7.02. The standard InChI is InChI=1S/C16H18N4O3/c1-3-22-16(17-2)20-15(18-11-14-5-4-10-23-14)19-12-6-8-13(21)9-7-12/h4-10,21H,2-3,11H2,1H3,(H,18,19)/b20-16+. The van der Waals surface area contributed by atoms with Crippen LogP contribution in [0.25, 0.3) is 0 Å². The van der Waals surface area contributed by atoms with E-state index in [1.165, 1.54) is 0 Å². The predicted octanol–water partition coefficient (Wildman–Crippen LogP) is 3.05. The molecule has 1 aromatic heterocycles. The van der Waals surface area contributed by atoms with Crippen LogP contribution in [-0.2, 0) is 11.3 Å². The smallest absolute Gasteiger partial charge is 0.319 e. The lowest BCUT2D eigenvalue weighted by Crippen LogP contribution is -2.14. The number of amidine groups is 1. The van der Waals surface area contributed by atoms with E-state index in [9.17, 15) is 5.11 Å². The largest absolute Gasteiger partial charge is 0.508 e. The van der Waals surface area contributed by atoms with Gasteiger partial charge in [0.15, 0.2) is 0 Å². The van der Waals surface area contributed by atoms with E-state index in [4.69, 9.17) is 9.15 Å². The molecule has 0 saturated heterocycles. The Morgan fingerprint density at radius 1 is 1.30 bits per heavy atom. The second-order valence-electron chi connectivity index (χ2n) is 4.38. The quantitative estimate of drug-likeness (QED) is 0.515. The first-order valence-corrected chi connectivity index (χ1v) is 7.02. The number of anilines is 1. The molecule has 0 aliphatic carbocycles. The highest BCUT2D eigenvalue weighted by atomic mass is 16.5. The number of hydrogen-bond acceptors (Lipinski definition) is 4. The fourth-order valence-corrected chi connectivity index (χ4v) is 1.67. The van der Waals surface area contributed by atoms with Gasteiger partial charge in [-0.05, 0) is 50.0 Å². The SMILES string of the molecule is C=N/C(=N\C(=NCc1ccco1)Nc1ccc(O)cc1)OCC. The van der Waals surface area contributed by atoms with Crippen molar-refractivity contribution in [2.45, 2.75) is 13.5 Å². The minimum atomic E-state index is 0.122. The molecule has 2 rings (SSSR count). The molecule has 0 bridgehead atoms. The van der Waals surface area contributed by atoms with Crippen molar-refractivity contribution in [3.05, 3.63) is 48.4 Å². The first-order chi connectivity index (χ1) is 11.2. The number of guanidine groups is 1. The van der Waals surface area contributed by atoms with Gasteiger partial charge in [0.25, 0.3) is 0 Å². The lowest BCUT2D eigenvalue weighted by molar-refractivity contribution is 0.323. The summed E-state index contributed by atoms with van der Waals surface area (Å²) in [5.74, 6) is 1.17. The molecular formula is C16H18N4O3. The van der Waals surface area contributed by atoms with Gasteiger partial charge in [0.05, 0.1) is 12.9 Å². The molecule has 0 aliphatic rings. The summed E-state index contributed by atoms with van der Waals surface area (Å²) >= 11 is 0. The zero-order valence-electron chi connectivity index (χ0n) is 12.8. The number of ether oxygens (including phenoxy) is 1. The van der Waals surface area contributed by atoms with Gasteiger partial charge in [-0.25, -0.2) is 9.98 Å². The van der Waals surface area contributed by atoms with Crippen LogP contribution in [0, 0.1) is 0 Å². The Bertz CT molecular complexity index is 676. The second kappa shape index (κ2) is 8.38. The number of phenolic OH excluding ortho intramolecular Hbond substituents is 1. The molecule has 7 nitrogen and oxygen atoms in total. The van der Waals surface area contributed by atoms with Crippen LogP contribution in [0.15, 0.2) is 62.1 Å². The van der Waals surface area contributed by atoms with Crippen molar-refractivity contribution in [3.63, 3.8) is 0 Å². The highest BCUT2D eigenvalue weighted by Crippen LogP contribution is 2.14. The van der Waals surface area contributed by atoms with Gasteiger partial charge in [-0.2, -0.15) is 4.99 Å². The lowest BCUT2D eigenvalue weighted by atomic mass is 10.3. The number of furan rings is 1. The Morgan fingerprint density at radius 3 is 2.70 bits per heavy atom. The Kier molecular flexibility index (Phi) is 5.93. The van der Waals surface area contributed by atoms with Crippen LogP contribution >= 0.6 is 0 Å². The van der Waals surface area contributed by atoms with Gasteiger partial charge in [0.1, 0.15) is 18.1 Å². The fraction of sp³-hybridized carbons (Fsp3) is 0.188. The third kappa shape index (κ3) is 5.31. The van der Waals surface area contributed by atoms with E-state index < -0.39 is 0 Å². The fourth-order valence-electron chi connectivity index (χ4n) is 1.67. The molecule has 7 heteroatoms. The number of aliphatic imine (C=N–C) groups is 3. The zero-order valence-corrected chi connectivity index (χ0v) is 12.8. The number of nitrogens with zero attached hydrogens (tertiary/aromatic N) is 3. The van der Waals surface area contributed by atoms with E-state index in [0.717, 1.165) is 0 Å². The second-order valence-corrected chi connectivity index (χ2v) is 4.38. The van der Waals surface area contributed by atoms with Crippen LogP contribution in [0.1, 0.15) is 12.7 Å². The molecular weight excluding hydrogens is 296 g/mol. The van der Waals surface area contributed by atoms with Crippen LogP contribution in [-0.4, -0.2) is 30.4 Å². The number of aromatic hydroxyl groups is 1. The van der Waals surface area contributed by atoms with Crippen molar-refractivity contribution in [2.75, 3.05) is 11.9 Å². The third-order valence-electron chi connectivity index (χ3n) is 2.70. The molecule has 1 aromatic carbocycles. The summed E-state index contributed by atoms with van der Waals surface area (Å²) in [5.41, 5.74) is 0.713. The van der Waals surface area contributed by atoms with E-state index in [1.807, 2.05) is 13.0 Å². The minimum absolute atomic E-state index is 0.122. The molecule has 0 saturated carbocycles. The Labute approximate surface area is 134 Å². The van der Waals surface area contributed by atoms with Gasteiger partial charge < -0.3 is 19.6 Å². The summed E-state index contributed by atoms with van der Waals surface area (Å²) in [4.78, 5) is 12.3. The van der Waals surface area contributed by atoms with Crippen LogP contribution in [0.4, 0.5) is 5.69 Å². The predicted molar refractivity (Wildman–Crippen MR) is 90.2 cm³/mol. The van der Waals surface area contributed by atoms with E-state index in [-0.39, 0.29) is 11.8 Å². The maximum atomic E-state index is 9.33. The summed E-state index contributed by atoms with van der Waals surface area (Å²) in [7, 11) is 0. The summed E-state index contributed by atoms with van der Waals surface area (Å²) < 4.78 is 10.5. The number of nitrogens with one attached hydrogen (secondary N) is 1. The normalized spacial score (nSPS) is 12.0. The molecule has 0 atom stereocenters. The zero-order chi connectivity index (χ0) is 16.5. The van der Waals surface area contributed by atoms with Crippen LogP contribution in [0.5, 0.6) is 5.75 Å². The summed E-state index contributed by atoms with van der Waals surface area (Å²) in [5, 5.41) is 12.4. The van der Waals surface area contributed by atoms with Crippen molar-refractivity contribution in [2.24, 2.45) is 15.0 Å².